The quantitative estimate of drug-likeness (QED) is 0.746. The molecule has 0 bridgehead atoms. The third-order valence-corrected chi connectivity index (χ3v) is 1.96. The highest BCUT2D eigenvalue weighted by Gasteiger charge is 2.15. The van der Waals surface area contributed by atoms with Gasteiger partial charge in [0, 0.05) is 7.05 Å². The number of unbranched alkanes of at least 4 members (excludes halogenated alkanes) is 1. The molecule has 0 saturated carbocycles. The fraction of sp³-hybridized carbons (Fsp3) is 0.500. The van der Waals surface area contributed by atoms with Gasteiger partial charge < -0.3 is 9.84 Å². The first-order chi connectivity index (χ1) is 7.56. The molecule has 6 nitrogen and oxygen atoms in total. The molecule has 6 heteroatoms. The van der Waals surface area contributed by atoms with Crippen LogP contribution >= 0.6 is 0 Å². The zero-order valence-corrected chi connectivity index (χ0v) is 9.27. The van der Waals surface area contributed by atoms with Gasteiger partial charge >= 0.3 is 5.97 Å². The van der Waals surface area contributed by atoms with Crippen molar-refractivity contribution in [3.05, 3.63) is 22.1 Å². The van der Waals surface area contributed by atoms with Crippen LogP contribution in [0.25, 0.3) is 0 Å². The molecule has 1 aromatic heterocycles. The van der Waals surface area contributed by atoms with Crippen molar-refractivity contribution in [2.24, 2.45) is 7.05 Å². The van der Waals surface area contributed by atoms with Crippen LogP contribution in [0.2, 0.25) is 0 Å². The van der Waals surface area contributed by atoms with Crippen LogP contribution in [-0.4, -0.2) is 27.5 Å². The number of hydrogen-bond acceptors (Lipinski definition) is 4. The van der Waals surface area contributed by atoms with Gasteiger partial charge in [0.15, 0.2) is 5.75 Å². The first-order valence-corrected chi connectivity index (χ1v) is 5.00. The lowest BCUT2D eigenvalue weighted by atomic mass is 10.3. The number of carboxylic acid groups (broad SMARTS) is 1. The molecular formula is C10H14N2O4. The van der Waals surface area contributed by atoms with E-state index in [1.165, 1.54) is 10.9 Å². The summed E-state index contributed by atoms with van der Waals surface area (Å²) in [6.45, 7) is 2.39. The number of hydrogen-bond donors (Lipinski definition) is 1. The minimum absolute atomic E-state index is 0.0309. The summed E-state index contributed by atoms with van der Waals surface area (Å²) < 4.78 is 6.47. The van der Waals surface area contributed by atoms with Crippen molar-refractivity contribution in [1.29, 1.82) is 0 Å². The van der Waals surface area contributed by atoms with Crippen LogP contribution < -0.4 is 10.2 Å². The van der Waals surface area contributed by atoms with Crippen molar-refractivity contribution < 1.29 is 14.6 Å². The SMILES string of the molecule is CCCCOc1cn(C)nc(C(=O)O)c1=O. The average molecular weight is 226 g/mol. The number of carbonyl (C=O) groups is 1. The van der Waals surface area contributed by atoms with E-state index in [0.29, 0.717) is 6.61 Å². The normalized spacial score (nSPS) is 10.1. The van der Waals surface area contributed by atoms with Crippen LogP contribution in [-0.2, 0) is 7.05 Å². The first kappa shape index (κ1) is 12.2. The molecule has 88 valence electrons. The minimum atomic E-state index is -1.35. The monoisotopic (exact) mass is 226 g/mol. The molecule has 0 aliphatic rings. The maximum absolute atomic E-state index is 11.6. The van der Waals surface area contributed by atoms with E-state index in [0.717, 1.165) is 12.8 Å². The topological polar surface area (TPSA) is 81.4 Å². The van der Waals surface area contributed by atoms with Gasteiger partial charge in [-0.1, -0.05) is 13.3 Å². The Kier molecular flexibility index (Phi) is 4.04. The van der Waals surface area contributed by atoms with Crippen molar-refractivity contribution in [3.8, 4) is 5.75 Å². The molecule has 0 amide bonds. The van der Waals surface area contributed by atoms with Crippen molar-refractivity contribution >= 4 is 5.97 Å². The van der Waals surface area contributed by atoms with E-state index in [4.69, 9.17) is 9.84 Å². The Morgan fingerprint density at radius 2 is 2.31 bits per heavy atom. The van der Waals surface area contributed by atoms with Crippen LogP contribution in [0.15, 0.2) is 11.0 Å². The third-order valence-electron chi connectivity index (χ3n) is 1.96. The van der Waals surface area contributed by atoms with Gasteiger partial charge in [0.05, 0.1) is 12.8 Å². The number of aryl methyl sites for hydroxylation is 1. The van der Waals surface area contributed by atoms with Gasteiger partial charge in [0.1, 0.15) is 0 Å². The van der Waals surface area contributed by atoms with Gasteiger partial charge in [-0.15, -0.1) is 0 Å². The zero-order valence-electron chi connectivity index (χ0n) is 9.27. The predicted molar refractivity (Wildman–Crippen MR) is 56.8 cm³/mol. The molecule has 0 aliphatic heterocycles. The van der Waals surface area contributed by atoms with Crippen molar-refractivity contribution in [3.63, 3.8) is 0 Å². The molecule has 0 radical (unpaired) electrons. The highest BCUT2D eigenvalue weighted by atomic mass is 16.5. The molecule has 0 spiro atoms. The van der Waals surface area contributed by atoms with Gasteiger partial charge in [-0.05, 0) is 6.42 Å². The van der Waals surface area contributed by atoms with Gasteiger partial charge in [-0.2, -0.15) is 5.10 Å². The molecule has 0 saturated heterocycles. The molecule has 0 fully saturated rings. The largest absolute Gasteiger partial charge is 0.488 e. The predicted octanol–water partition coefficient (Wildman–Crippen LogP) is 0.657. The Morgan fingerprint density at radius 3 is 2.88 bits per heavy atom. The molecule has 1 N–H and O–H groups in total. The highest BCUT2D eigenvalue weighted by Crippen LogP contribution is 2.03. The first-order valence-electron chi connectivity index (χ1n) is 5.00. The summed E-state index contributed by atoms with van der Waals surface area (Å²) in [5.41, 5.74) is -1.20. The maximum Gasteiger partial charge on any atom is 0.360 e. The van der Waals surface area contributed by atoms with E-state index in [1.807, 2.05) is 6.92 Å². The van der Waals surface area contributed by atoms with Gasteiger partial charge in [-0.3, -0.25) is 9.48 Å². The van der Waals surface area contributed by atoms with Crippen LogP contribution in [0.1, 0.15) is 30.3 Å². The molecule has 1 heterocycles. The molecule has 1 aromatic rings. The Morgan fingerprint density at radius 1 is 1.62 bits per heavy atom. The molecule has 0 unspecified atom stereocenters. The van der Waals surface area contributed by atoms with Crippen LogP contribution in [0.4, 0.5) is 0 Å². The number of aromatic carboxylic acids is 1. The van der Waals surface area contributed by atoms with Gasteiger partial charge in [-0.25, -0.2) is 4.79 Å². The van der Waals surface area contributed by atoms with Crippen LogP contribution in [0, 0.1) is 0 Å². The van der Waals surface area contributed by atoms with E-state index in [2.05, 4.69) is 5.10 Å². The number of aromatic nitrogens is 2. The second-order valence-corrected chi connectivity index (χ2v) is 3.35. The lowest BCUT2D eigenvalue weighted by Gasteiger charge is -2.06. The van der Waals surface area contributed by atoms with E-state index in [1.54, 1.807) is 7.05 Å². The van der Waals surface area contributed by atoms with Crippen molar-refractivity contribution in [2.75, 3.05) is 6.61 Å². The summed E-state index contributed by atoms with van der Waals surface area (Å²) in [7, 11) is 1.54. The Labute approximate surface area is 92.5 Å². The Bertz CT molecular complexity index is 439. The summed E-state index contributed by atoms with van der Waals surface area (Å²) in [5.74, 6) is -1.31. The molecule has 0 aromatic carbocycles. The van der Waals surface area contributed by atoms with E-state index in [-0.39, 0.29) is 5.75 Å². The van der Waals surface area contributed by atoms with Gasteiger partial charge in [0.2, 0.25) is 5.69 Å². The third kappa shape index (κ3) is 2.82. The minimum Gasteiger partial charge on any atom is -0.488 e. The van der Waals surface area contributed by atoms with E-state index in [9.17, 15) is 9.59 Å². The number of nitrogens with zero attached hydrogens (tertiary/aromatic N) is 2. The molecule has 1 rings (SSSR count). The lowest BCUT2D eigenvalue weighted by Crippen LogP contribution is -2.23. The molecule has 0 atom stereocenters. The summed E-state index contributed by atoms with van der Waals surface area (Å²) in [6.07, 6.45) is 3.13. The molecule has 0 aliphatic carbocycles. The zero-order chi connectivity index (χ0) is 12.1. The van der Waals surface area contributed by atoms with E-state index >= 15 is 0 Å². The Hall–Kier alpha value is -1.85. The number of ether oxygens (including phenoxy) is 1. The summed E-state index contributed by atoms with van der Waals surface area (Å²) in [4.78, 5) is 22.3. The highest BCUT2D eigenvalue weighted by molar-refractivity contribution is 5.85. The fourth-order valence-electron chi connectivity index (χ4n) is 1.15. The second-order valence-electron chi connectivity index (χ2n) is 3.35. The lowest BCUT2D eigenvalue weighted by molar-refractivity contribution is 0.0685. The van der Waals surface area contributed by atoms with E-state index < -0.39 is 17.1 Å². The number of rotatable bonds is 5. The summed E-state index contributed by atoms with van der Waals surface area (Å²) in [5, 5.41) is 12.3. The molecule has 16 heavy (non-hydrogen) atoms. The fourth-order valence-corrected chi connectivity index (χ4v) is 1.15. The number of carboxylic acids is 1. The van der Waals surface area contributed by atoms with Crippen molar-refractivity contribution in [1.82, 2.24) is 9.78 Å². The summed E-state index contributed by atoms with van der Waals surface area (Å²) >= 11 is 0. The smallest absolute Gasteiger partial charge is 0.360 e. The second kappa shape index (κ2) is 5.29. The molecular weight excluding hydrogens is 212 g/mol. The van der Waals surface area contributed by atoms with Crippen LogP contribution in [0.3, 0.4) is 0 Å². The average Bonchev–Trinajstić information content (AvgIpc) is 2.22. The van der Waals surface area contributed by atoms with Crippen LogP contribution in [0.5, 0.6) is 5.75 Å². The van der Waals surface area contributed by atoms with Gasteiger partial charge in [0.25, 0.3) is 5.43 Å². The maximum atomic E-state index is 11.6. The Balaban J connectivity index is 3.00. The van der Waals surface area contributed by atoms with Crippen molar-refractivity contribution in [2.45, 2.75) is 19.8 Å². The summed E-state index contributed by atoms with van der Waals surface area (Å²) in [6, 6.07) is 0. The standard InChI is InChI=1S/C10H14N2O4/c1-3-4-5-16-7-6-12(2)11-8(9(7)13)10(14)15/h6H,3-5H2,1-2H3,(H,14,15).